The minimum atomic E-state index is -0.810. The van der Waals surface area contributed by atoms with Gasteiger partial charge in [-0.2, -0.15) is 0 Å². The zero-order valence-electron chi connectivity index (χ0n) is 37.4. The highest BCUT2D eigenvalue weighted by atomic mass is 16.5. The molecule has 0 heterocycles. The number of allylic oxidation sites excluding steroid dienone is 16. The third kappa shape index (κ3) is 39.6. The monoisotopic (exact) mass is 806 g/mol. The predicted octanol–water partition coefficient (Wildman–Crippen LogP) is 13.8. The maximum atomic E-state index is 13.1. The summed E-state index contributed by atoms with van der Waals surface area (Å²) in [5.41, 5.74) is 0. The van der Waals surface area contributed by atoms with Crippen LogP contribution in [-0.4, -0.2) is 46.9 Å². The van der Waals surface area contributed by atoms with Gasteiger partial charge in [0.1, 0.15) is 6.10 Å². The molecule has 6 heteroatoms. The first-order chi connectivity index (χ1) is 28.5. The second kappa shape index (κ2) is 44.9. The number of ether oxygens (including phenoxy) is 1. The fourth-order valence-electron chi connectivity index (χ4n) is 6.47. The van der Waals surface area contributed by atoms with Gasteiger partial charge in [-0.25, -0.2) is 0 Å². The Morgan fingerprint density at radius 2 is 1.00 bits per heavy atom. The number of nitrogens with one attached hydrogen (secondary N) is 1. The van der Waals surface area contributed by atoms with E-state index in [1.807, 2.05) is 54.7 Å². The molecule has 0 saturated carbocycles. The summed E-state index contributed by atoms with van der Waals surface area (Å²) < 4.78 is 5.86. The van der Waals surface area contributed by atoms with Gasteiger partial charge in [-0.3, -0.25) is 9.59 Å². The number of carbonyl (C=O) groups is 2. The third-order valence-electron chi connectivity index (χ3n) is 10.0. The average Bonchev–Trinajstić information content (AvgIpc) is 3.22. The van der Waals surface area contributed by atoms with Crippen molar-refractivity contribution in [3.63, 3.8) is 0 Å². The molecule has 0 rings (SSSR count). The van der Waals surface area contributed by atoms with Crippen molar-refractivity contribution in [3.05, 3.63) is 97.2 Å². The van der Waals surface area contributed by atoms with Crippen molar-refractivity contribution in [1.29, 1.82) is 0 Å². The molecule has 0 aliphatic carbocycles. The fraction of sp³-hybridized carbons (Fsp3) is 0.654. The zero-order valence-corrected chi connectivity index (χ0v) is 37.4. The lowest BCUT2D eigenvalue weighted by atomic mass is 10.0. The van der Waals surface area contributed by atoms with Crippen LogP contribution in [0.25, 0.3) is 0 Å². The molecule has 0 saturated heterocycles. The maximum absolute atomic E-state index is 13.1. The summed E-state index contributed by atoms with van der Waals surface area (Å²) in [6.45, 7) is 6.24. The molecule has 0 aliphatic heterocycles. The quantitative estimate of drug-likeness (QED) is 0.0248. The van der Waals surface area contributed by atoms with E-state index in [0.717, 1.165) is 77.0 Å². The molecule has 1 amide bonds. The molecule has 3 atom stereocenters. The third-order valence-corrected chi connectivity index (χ3v) is 10.0. The van der Waals surface area contributed by atoms with Crippen LogP contribution in [0.3, 0.4) is 0 Å². The van der Waals surface area contributed by atoms with E-state index in [4.69, 9.17) is 4.74 Å². The van der Waals surface area contributed by atoms with Gasteiger partial charge in [0.15, 0.2) is 0 Å². The Hall–Kier alpha value is -3.22. The molecule has 0 bridgehead atoms. The first-order valence-corrected chi connectivity index (χ1v) is 23.5. The van der Waals surface area contributed by atoms with E-state index in [-0.39, 0.29) is 31.3 Å². The van der Waals surface area contributed by atoms with Crippen LogP contribution in [0, 0.1) is 0 Å². The number of unbranched alkanes of at least 4 members (excludes halogenated alkanes) is 16. The van der Waals surface area contributed by atoms with E-state index in [9.17, 15) is 19.8 Å². The zero-order chi connectivity index (χ0) is 42.4. The second-order valence-corrected chi connectivity index (χ2v) is 15.5. The normalized spacial score (nSPS) is 14.2. The van der Waals surface area contributed by atoms with Gasteiger partial charge in [-0.1, -0.05) is 201 Å². The molecule has 330 valence electrons. The molecule has 0 aliphatic rings. The van der Waals surface area contributed by atoms with Crippen LogP contribution in [0.4, 0.5) is 0 Å². The summed E-state index contributed by atoms with van der Waals surface area (Å²) in [5, 5.41) is 23.6. The lowest BCUT2D eigenvalue weighted by Crippen LogP contribution is -2.46. The summed E-state index contributed by atoms with van der Waals surface area (Å²) >= 11 is 0. The number of aliphatic hydroxyl groups excluding tert-OH is 2. The van der Waals surface area contributed by atoms with Crippen molar-refractivity contribution in [3.8, 4) is 0 Å². The van der Waals surface area contributed by atoms with Crippen molar-refractivity contribution in [2.24, 2.45) is 0 Å². The number of carbonyl (C=O) groups excluding carboxylic acids is 2. The van der Waals surface area contributed by atoms with Gasteiger partial charge in [-0.05, 0) is 77.0 Å². The number of amides is 1. The summed E-state index contributed by atoms with van der Waals surface area (Å²) in [4.78, 5) is 26.0. The first kappa shape index (κ1) is 54.8. The molecule has 3 unspecified atom stereocenters. The number of aliphatic hydroxyl groups is 2. The van der Waals surface area contributed by atoms with Crippen molar-refractivity contribution >= 4 is 11.9 Å². The van der Waals surface area contributed by atoms with E-state index in [2.05, 4.69) is 68.6 Å². The topological polar surface area (TPSA) is 95.9 Å². The van der Waals surface area contributed by atoms with Gasteiger partial charge < -0.3 is 20.3 Å². The summed E-state index contributed by atoms with van der Waals surface area (Å²) in [6.07, 6.45) is 59.0. The first-order valence-electron chi connectivity index (χ1n) is 23.5. The van der Waals surface area contributed by atoms with E-state index in [1.54, 1.807) is 0 Å². The molecule has 58 heavy (non-hydrogen) atoms. The summed E-state index contributed by atoms with van der Waals surface area (Å²) in [5.74, 6) is -0.596. The Labute approximate surface area is 356 Å². The molecule has 3 N–H and O–H groups in total. The standard InChI is InChI=1S/C52H87NO5/c1-4-7-10-13-16-19-21-23-24-25-26-28-29-32-34-37-40-43-48(58-52(57)45-42-39-36-33-30-27-22-20-17-14-11-8-5-2)46-51(56)53-49(47-54)50(55)44-41-38-35-31-18-15-12-9-6-3/h8,11,14,16-17,19-20,22-24,26-28,30,33,36,48-50,54-55H,4-7,9-10,12-13,15,18,21,25,29,31-32,34-35,37-47H2,1-3H3,(H,53,56)/b11-8+,17-14+,19-16-,22-20-,24-23-,28-26-,30-27-,36-33+. The summed E-state index contributed by atoms with van der Waals surface area (Å²) in [7, 11) is 0. The molecular weight excluding hydrogens is 719 g/mol. The number of rotatable bonds is 40. The van der Waals surface area contributed by atoms with Gasteiger partial charge in [0.25, 0.3) is 0 Å². The largest absolute Gasteiger partial charge is 0.462 e. The summed E-state index contributed by atoms with van der Waals surface area (Å²) in [6, 6.07) is -0.727. The SMILES string of the molecule is CC/C=C/C=C/C=C\C=C/C=C/CCCC(=O)OC(CCCCCC/C=C\C/C=C\C/C=C\CCCCC)CC(=O)NC(CO)C(O)CCCCCCCCCCC. The molecule has 0 fully saturated rings. The van der Waals surface area contributed by atoms with Crippen LogP contribution in [-0.2, 0) is 14.3 Å². The smallest absolute Gasteiger partial charge is 0.306 e. The van der Waals surface area contributed by atoms with E-state index < -0.39 is 18.2 Å². The minimum Gasteiger partial charge on any atom is -0.462 e. The van der Waals surface area contributed by atoms with Crippen LogP contribution >= 0.6 is 0 Å². The fourth-order valence-corrected chi connectivity index (χ4v) is 6.47. The molecule has 0 aromatic heterocycles. The predicted molar refractivity (Wildman–Crippen MR) is 250 cm³/mol. The maximum Gasteiger partial charge on any atom is 0.306 e. The molecule has 0 aromatic carbocycles. The highest BCUT2D eigenvalue weighted by Crippen LogP contribution is 2.16. The lowest BCUT2D eigenvalue weighted by Gasteiger charge is -2.24. The Bertz CT molecular complexity index is 1180. The van der Waals surface area contributed by atoms with Gasteiger partial charge >= 0.3 is 5.97 Å². The van der Waals surface area contributed by atoms with Crippen molar-refractivity contribution < 1.29 is 24.5 Å². The highest BCUT2D eigenvalue weighted by Gasteiger charge is 2.24. The number of esters is 1. The minimum absolute atomic E-state index is 0.0280. The molecule has 0 aromatic rings. The lowest BCUT2D eigenvalue weighted by molar-refractivity contribution is -0.151. The van der Waals surface area contributed by atoms with Crippen molar-refractivity contribution in [2.45, 2.75) is 212 Å². The number of hydrogen-bond acceptors (Lipinski definition) is 5. The van der Waals surface area contributed by atoms with Crippen LogP contribution in [0.1, 0.15) is 194 Å². The molecular formula is C52H87NO5. The molecule has 0 radical (unpaired) electrons. The second-order valence-electron chi connectivity index (χ2n) is 15.5. The van der Waals surface area contributed by atoms with Crippen LogP contribution in [0.2, 0.25) is 0 Å². The Morgan fingerprint density at radius 3 is 1.59 bits per heavy atom. The van der Waals surface area contributed by atoms with Gasteiger partial charge in [0, 0.05) is 6.42 Å². The van der Waals surface area contributed by atoms with Crippen molar-refractivity contribution in [1.82, 2.24) is 5.32 Å². The van der Waals surface area contributed by atoms with E-state index in [0.29, 0.717) is 19.3 Å². The van der Waals surface area contributed by atoms with Gasteiger partial charge in [0.05, 0.1) is 25.2 Å². The van der Waals surface area contributed by atoms with Gasteiger partial charge in [0.2, 0.25) is 5.91 Å². The Balaban J connectivity index is 4.79. The Kier molecular flexibility index (Phi) is 42.4. The van der Waals surface area contributed by atoms with Crippen LogP contribution in [0.15, 0.2) is 97.2 Å². The average molecular weight is 806 g/mol. The molecule has 6 nitrogen and oxygen atoms in total. The van der Waals surface area contributed by atoms with E-state index >= 15 is 0 Å². The number of hydrogen-bond donors (Lipinski definition) is 3. The van der Waals surface area contributed by atoms with Crippen molar-refractivity contribution in [2.75, 3.05) is 6.61 Å². The molecule has 0 spiro atoms. The van der Waals surface area contributed by atoms with E-state index in [1.165, 1.54) is 64.2 Å². The van der Waals surface area contributed by atoms with Crippen LogP contribution in [0.5, 0.6) is 0 Å². The van der Waals surface area contributed by atoms with Gasteiger partial charge in [-0.15, -0.1) is 0 Å². The Morgan fingerprint density at radius 1 is 0.534 bits per heavy atom. The highest BCUT2D eigenvalue weighted by molar-refractivity contribution is 5.77. The van der Waals surface area contributed by atoms with Crippen LogP contribution < -0.4 is 5.32 Å².